The van der Waals surface area contributed by atoms with Crippen LogP contribution in [0, 0.1) is 10.7 Å². The van der Waals surface area contributed by atoms with E-state index in [9.17, 15) is 8.42 Å². The van der Waals surface area contributed by atoms with E-state index in [0.29, 0.717) is 0 Å². The first-order valence-corrected chi connectivity index (χ1v) is 6.39. The van der Waals surface area contributed by atoms with Gasteiger partial charge in [-0.3, -0.25) is 0 Å². The zero-order valence-electron chi connectivity index (χ0n) is 8.23. The number of thiocyanates is 1. The summed E-state index contributed by atoms with van der Waals surface area (Å²) in [5, 5.41) is 9.85. The summed E-state index contributed by atoms with van der Waals surface area (Å²) in [4.78, 5) is 0.130. The maximum absolute atomic E-state index is 11.3. The molecule has 0 spiro atoms. The second kappa shape index (κ2) is 3.67. The van der Waals surface area contributed by atoms with Crippen molar-refractivity contribution in [3.63, 3.8) is 0 Å². The van der Waals surface area contributed by atoms with Crippen LogP contribution in [0.25, 0.3) is 0 Å². The zero-order valence-corrected chi connectivity index (χ0v) is 9.05. The fraction of sp³-hybridized carbons (Fsp3) is 0.364. The minimum atomic E-state index is -3.73. The first kappa shape index (κ1) is 10.2. The van der Waals surface area contributed by atoms with Crippen LogP contribution in [-0.4, -0.2) is 8.42 Å². The van der Waals surface area contributed by atoms with Gasteiger partial charge in [-0.05, 0) is 48.9 Å². The molecule has 0 saturated carbocycles. The zero-order chi connectivity index (χ0) is 10.9. The van der Waals surface area contributed by atoms with Crippen molar-refractivity contribution in [2.45, 2.75) is 30.6 Å². The molecule has 0 aromatic heterocycles. The van der Waals surface area contributed by atoms with E-state index >= 15 is 0 Å². The number of fused-ring (bicyclic) bond motifs is 1. The third-order valence-electron chi connectivity index (χ3n) is 2.75. The Labute approximate surface area is 89.3 Å². The lowest BCUT2D eigenvalue weighted by Crippen LogP contribution is -2.05. The Bertz CT molecular complexity index is 526. The smallest absolute Gasteiger partial charge is 0.208 e. The van der Waals surface area contributed by atoms with Gasteiger partial charge in [-0.1, -0.05) is 6.07 Å². The molecule has 15 heavy (non-hydrogen) atoms. The molecule has 1 aromatic rings. The van der Waals surface area contributed by atoms with Gasteiger partial charge in [0.1, 0.15) is 0 Å². The molecule has 0 atom stereocenters. The van der Waals surface area contributed by atoms with E-state index in [1.807, 2.05) is 6.07 Å². The topological polar surface area (TPSA) is 57.9 Å². The number of nitrogens with zero attached hydrogens (tertiary/aromatic N) is 1. The molecule has 0 saturated heterocycles. The van der Waals surface area contributed by atoms with Gasteiger partial charge in [0.2, 0.25) is 0 Å². The number of nitriles is 1. The van der Waals surface area contributed by atoms with Crippen LogP contribution < -0.4 is 0 Å². The number of aryl methyl sites for hydroxylation is 2. The quantitative estimate of drug-likeness (QED) is 0.537. The normalized spacial score (nSPS) is 15.4. The minimum absolute atomic E-state index is 0.130. The molecule has 0 radical (unpaired) electrons. The lowest BCUT2D eigenvalue weighted by molar-refractivity contribution is 0.604. The van der Waals surface area contributed by atoms with Gasteiger partial charge in [0.05, 0.1) is 4.90 Å². The summed E-state index contributed by atoms with van der Waals surface area (Å²) < 4.78 is 22.7. The van der Waals surface area contributed by atoms with Crippen LogP contribution >= 0.6 is 0 Å². The fourth-order valence-corrected chi connectivity index (χ4v) is 2.58. The number of hydrogen-bond acceptors (Lipinski definition) is 3. The van der Waals surface area contributed by atoms with E-state index < -0.39 is 9.84 Å². The molecular formula is C11H11NO2S. The molecule has 3 nitrogen and oxygen atoms in total. The van der Waals surface area contributed by atoms with Crippen LogP contribution in [0.5, 0.6) is 0 Å². The number of sulfone groups is 1. The molecule has 0 fully saturated rings. The van der Waals surface area contributed by atoms with Gasteiger partial charge in [-0.25, -0.2) is 8.42 Å². The van der Waals surface area contributed by atoms with E-state index in [0.717, 1.165) is 31.2 Å². The summed E-state index contributed by atoms with van der Waals surface area (Å²) in [7, 11) is -3.73. The van der Waals surface area contributed by atoms with Crippen LogP contribution in [0.4, 0.5) is 0 Å². The molecule has 1 aromatic carbocycles. The third-order valence-corrected chi connectivity index (χ3v) is 3.87. The Morgan fingerprint density at radius 1 is 1.13 bits per heavy atom. The second-order valence-electron chi connectivity index (χ2n) is 3.73. The van der Waals surface area contributed by atoms with Crippen molar-refractivity contribution >= 4 is 9.84 Å². The summed E-state index contributed by atoms with van der Waals surface area (Å²) in [6.07, 6.45) is 4.20. The molecule has 1 aliphatic carbocycles. The van der Waals surface area contributed by atoms with Crippen LogP contribution in [0.3, 0.4) is 0 Å². The standard InChI is InChI=1S/C11H11NO2S/c12-8-15(13,14)11-6-5-9-3-1-2-4-10(9)7-11/h5-7H,1-4H2. The van der Waals surface area contributed by atoms with Gasteiger partial charge in [0.25, 0.3) is 9.84 Å². The summed E-state index contributed by atoms with van der Waals surface area (Å²) >= 11 is 0. The average molecular weight is 221 g/mol. The fourth-order valence-electron chi connectivity index (χ4n) is 1.93. The SMILES string of the molecule is N#CS(=O)(=O)c1ccc2c(c1)CCCC2. The van der Waals surface area contributed by atoms with Crippen LogP contribution in [0.1, 0.15) is 24.0 Å². The highest BCUT2D eigenvalue weighted by molar-refractivity contribution is 7.95. The van der Waals surface area contributed by atoms with Crippen molar-refractivity contribution in [2.75, 3.05) is 0 Å². The Balaban J connectivity index is 2.51. The highest BCUT2D eigenvalue weighted by Crippen LogP contribution is 2.24. The maximum Gasteiger partial charge on any atom is 0.269 e. The number of rotatable bonds is 1. The number of benzene rings is 1. The third kappa shape index (κ3) is 1.88. The van der Waals surface area contributed by atoms with Gasteiger partial charge in [0, 0.05) is 0 Å². The largest absolute Gasteiger partial charge is 0.269 e. The monoisotopic (exact) mass is 221 g/mol. The molecule has 0 bridgehead atoms. The second-order valence-corrected chi connectivity index (χ2v) is 5.39. The molecule has 4 heteroatoms. The maximum atomic E-state index is 11.3. The van der Waals surface area contributed by atoms with Crippen molar-refractivity contribution < 1.29 is 8.42 Å². The summed E-state index contributed by atoms with van der Waals surface area (Å²) in [5.74, 6) is 0. The Morgan fingerprint density at radius 2 is 1.80 bits per heavy atom. The Morgan fingerprint density at radius 3 is 2.47 bits per heavy atom. The van der Waals surface area contributed by atoms with Gasteiger partial charge in [-0.2, -0.15) is 5.26 Å². The van der Waals surface area contributed by atoms with E-state index in [-0.39, 0.29) is 4.90 Å². The van der Waals surface area contributed by atoms with Gasteiger partial charge in [0.15, 0.2) is 5.40 Å². The molecular weight excluding hydrogens is 210 g/mol. The van der Waals surface area contributed by atoms with E-state index in [1.54, 1.807) is 6.07 Å². The molecule has 0 unspecified atom stereocenters. The van der Waals surface area contributed by atoms with Crippen LogP contribution in [0.15, 0.2) is 23.1 Å². The van der Waals surface area contributed by atoms with E-state index in [2.05, 4.69) is 0 Å². The van der Waals surface area contributed by atoms with Crippen molar-refractivity contribution in [3.05, 3.63) is 29.3 Å². The van der Waals surface area contributed by atoms with Gasteiger partial charge in [-0.15, -0.1) is 0 Å². The molecule has 1 aliphatic rings. The molecule has 2 rings (SSSR count). The molecule has 0 N–H and O–H groups in total. The lowest BCUT2D eigenvalue weighted by Gasteiger charge is -2.15. The first-order chi connectivity index (χ1) is 7.13. The van der Waals surface area contributed by atoms with E-state index in [1.165, 1.54) is 17.0 Å². The lowest BCUT2D eigenvalue weighted by atomic mass is 9.92. The highest BCUT2D eigenvalue weighted by Gasteiger charge is 2.16. The molecule has 0 aliphatic heterocycles. The molecule has 0 amide bonds. The first-order valence-electron chi connectivity index (χ1n) is 4.91. The van der Waals surface area contributed by atoms with Crippen molar-refractivity contribution in [2.24, 2.45) is 0 Å². The van der Waals surface area contributed by atoms with Crippen molar-refractivity contribution in [1.29, 1.82) is 5.26 Å². The summed E-state index contributed by atoms with van der Waals surface area (Å²) in [6.45, 7) is 0. The average Bonchev–Trinajstić information content (AvgIpc) is 2.28. The summed E-state index contributed by atoms with van der Waals surface area (Å²) in [6, 6.07) is 5.01. The summed E-state index contributed by atoms with van der Waals surface area (Å²) in [5.41, 5.74) is 2.30. The highest BCUT2D eigenvalue weighted by atomic mass is 32.2. The minimum Gasteiger partial charge on any atom is -0.208 e. The predicted octanol–water partition coefficient (Wildman–Crippen LogP) is 1.82. The number of hydrogen-bond donors (Lipinski definition) is 0. The van der Waals surface area contributed by atoms with Crippen LogP contribution in [0.2, 0.25) is 0 Å². The Kier molecular flexibility index (Phi) is 2.49. The molecule has 78 valence electrons. The van der Waals surface area contributed by atoms with Crippen molar-refractivity contribution in [1.82, 2.24) is 0 Å². The molecule has 0 heterocycles. The Hall–Kier alpha value is -1.34. The van der Waals surface area contributed by atoms with Gasteiger partial charge >= 0.3 is 0 Å². The van der Waals surface area contributed by atoms with Crippen LogP contribution in [-0.2, 0) is 22.7 Å². The van der Waals surface area contributed by atoms with Crippen molar-refractivity contribution in [3.8, 4) is 5.40 Å². The predicted molar refractivity (Wildman–Crippen MR) is 55.9 cm³/mol. The van der Waals surface area contributed by atoms with E-state index in [4.69, 9.17) is 5.26 Å². The van der Waals surface area contributed by atoms with Gasteiger partial charge < -0.3 is 0 Å².